The van der Waals surface area contributed by atoms with Crippen molar-refractivity contribution in [2.24, 2.45) is 10.9 Å². The Morgan fingerprint density at radius 2 is 1.93 bits per heavy atom. The first-order chi connectivity index (χ1) is 25.8. The van der Waals surface area contributed by atoms with Gasteiger partial charge in [-0.2, -0.15) is 0 Å². The number of aliphatic hydroxyl groups excluding tert-OH is 4. The van der Waals surface area contributed by atoms with Gasteiger partial charge in [0.05, 0.1) is 17.6 Å². The first-order valence-electron chi connectivity index (χ1n) is 18.1. The van der Waals surface area contributed by atoms with Crippen molar-refractivity contribution in [2.75, 3.05) is 26.3 Å². The number of carbonyl (C=O) groups excluding carboxylic acids is 1. The van der Waals surface area contributed by atoms with E-state index in [1.54, 1.807) is 19.2 Å². The summed E-state index contributed by atoms with van der Waals surface area (Å²) in [7, 11) is 0. The number of allylic oxidation sites excluding steroid dienone is 1. The molecule has 0 spiro atoms. The van der Waals surface area contributed by atoms with E-state index in [0.717, 1.165) is 16.2 Å². The van der Waals surface area contributed by atoms with E-state index in [1.165, 1.54) is 30.3 Å². The summed E-state index contributed by atoms with van der Waals surface area (Å²) in [5.74, 6) is 0.982. The summed E-state index contributed by atoms with van der Waals surface area (Å²) in [6, 6.07) is 8.98. The number of rotatable bonds is 14. The summed E-state index contributed by atoms with van der Waals surface area (Å²) in [5.41, 5.74) is 0.452. The fourth-order valence-corrected chi connectivity index (χ4v) is 7.73. The molecule has 2 aromatic carbocycles. The van der Waals surface area contributed by atoms with Crippen LogP contribution in [0.3, 0.4) is 0 Å². The summed E-state index contributed by atoms with van der Waals surface area (Å²) in [5, 5.41) is 66.1. The van der Waals surface area contributed by atoms with Crippen molar-refractivity contribution in [2.45, 2.75) is 81.6 Å². The van der Waals surface area contributed by atoms with E-state index in [9.17, 15) is 40.2 Å². The highest BCUT2D eigenvalue weighted by Crippen LogP contribution is 2.45. The van der Waals surface area contributed by atoms with Crippen LogP contribution in [0, 0.1) is 12.8 Å². The lowest BCUT2D eigenvalue weighted by Crippen LogP contribution is -3.01. The molecule has 288 valence electrons. The van der Waals surface area contributed by atoms with E-state index in [4.69, 9.17) is 18.9 Å². The second-order valence-corrected chi connectivity index (χ2v) is 15.0. The minimum absolute atomic E-state index is 0.0203. The molecular formula is C39H46N3O12+. The number of aliphatic hydroxyl groups is 5. The van der Waals surface area contributed by atoms with Gasteiger partial charge in [0.2, 0.25) is 17.2 Å². The minimum atomic E-state index is -2.26. The average molecular weight is 749 g/mol. The largest absolute Gasteiger partial charge is 0.508 e. The number of nitrogens with zero attached hydrogens (tertiary/aromatic N) is 1. The molecule has 1 fully saturated rings. The van der Waals surface area contributed by atoms with Crippen LogP contribution in [0.1, 0.15) is 43.1 Å². The van der Waals surface area contributed by atoms with Crippen LogP contribution in [0.5, 0.6) is 11.5 Å². The number of nitrogens with one attached hydrogen (secondary N) is 2. The molecule has 3 aromatic rings. The molecule has 8 unspecified atom stereocenters. The molecule has 4 aliphatic rings. The lowest BCUT2D eigenvalue weighted by atomic mass is 9.83. The maximum atomic E-state index is 13.4. The Labute approximate surface area is 310 Å². The summed E-state index contributed by atoms with van der Waals surface area (Å²) in [6.07, 6.45) is 0.406. The SMILES string of the molecule is Cc1cc(=O)c2cc3c(c([NH+]4C=C5C=CN=C5C4)c2o1)OC(C)(CCC1CNC(=O)C1)C(OOCC(O)(Cc1ccc(O)cc1)C(O)C(O)C(O)CO)C3. The summed E-state index contributed by atoms with van der Waals surface area (Å²) < 4.78 is 13.2. The summed E-state index contributed by atoms with van der Waals surface area (Å²) >= 11 is 0. The van der Waals surface area contributed by atoms with Crippen molar-refractivity contribution in [1.29, 1.82) is 0 Å². The normalized spacial score (nSPS) is 26.0. The Bertz CT molecular complexity index is 2060. The standard InChI is InChI=1S/C39H45N3O12/c1-21-11-29(45)27-13-25-14-31(54-51-20-39(50,37(49)34(48)30(46)19-43)15-22-3-5-26(44)6-4-22)38(2,9-7-23-12-32(47)41-16-23)53-35(25)33(36(27)52-21)42-17-24-8-10-40-28(24)18-42/h3-6,8,10-11,13,17,23,30-31,34,37,43-44,46,48-50H,7,9,12,14-16,18-20H2,1-2H3,(H,41,47)/p+1. The van der Waals surface area contributed by atoms with Crippen LogP contribution in [0.2, 0.25) is 0 Å². The molecule has 1 saturated heterocycles. The number of fused-ring (bicyclic) bond motifs is 3. The van der Waals surface area contributed by atoms with Crippen LogP contribution < -0.4 is 20.4 Å². The number of quaternary nitrogens is 1. The molecule has 0 saturated carbocycles. The fourth-order valence-electron chi connectivity index (χ4n) is 7.73. The van der Waals surface area contributed by atoms with Crippen molar-refractivity contribution >= 4 is 28.3 Å². The van der Waals surface area contributed by atoms with E-state index in [1.807, 2.05) is 19.2 Å². The Kier molecular flexibility index (Phi) is 10.5. The van der Waals surface area contributed by atoms with Gasteiger partial charge >= 0.3 is 0 Å². The van der Waals surface area contributed by atoms with Gasteiger partial charge in [-0.05, 0) is 62.4 Å². The first kappa shape index (κ1) is 37.8. The van der Waals surface area contributed by atoms with Crippen LogP contribution in [0.15, 0.2) is 74.7 Å². The minimum Gasteiger partial charge on any atom is -0.508 e. The maximum absolute atomic E-state index is 13.4. The third kappa shape index (κ3) is 7.46. The highest BCUT2D eigenvalue weighted by molar-refractivity contribution is 6.07. The zero-order valence-corrected chi connectivity index (χ0v) is 30.0. The molecule has 8 N–H and O–H groups in total. The van der Waals surface area contributed by atoms with Crippen LogP contribution in [0.4, 0.5) is 5.69 Å². The van der Waals surface area contributed by atoms with Crippen molar-refractivity contribution in [1.82, 2.24) is 5.32 Å². The van der Waals surface area contributed by atoms with Crippen molar-refractivity contribution in [3.05, 3.63) is 87.6 Å². The number of amides is 1. The number of aryl methyl sites for hydroxylation is 1. The van der Waals surface area contributed by atoms with Gasteiger partial charge < -0.3 is 45.1 Å². The molecule has 5 heterocycles. The molecule has 15 nitrogen and oxygen atoms in total. The van der Waals surface area contributed by atoms with Crippen LogP contribution in [-0.2, 0) is 27.4 Å². The quantitative estimate of drug-likeness (QED) is 0.0816. The number of aliphatic imine (C=N–C) groups is 1. The highest BCUT2D eigenvalue weighted by Gasteiger charge is 2.48. The van der Waals surface area contributed by atoms with Crippen molar-refractivity contribution in [3.8, 4) is 11.5 Å². The predicted octanol–water partition coefficient (Wildman–Crippen LogP) is 0.165. The number of hydrogen-bond donors (Lipinski definition) is 8. The summed E-state index contributed by atoms with van der Waals surface area (Å²) in [6.45, 7) is 3.04. The number of phenolic OH excluding ortho intramolecular Hbond substituents is 1. The van der Waals surface area contributed by atoms with E-state index in [2.05, 4.69) is 10.3 Å². The molecule has 1 amide bonds. The van der Waals surface area contributed by atoms with E-state index < -0.39 is 48.8 Å². The first-order valence-corrected chi connectivity index (χ1v) is 18.1. The molecular weight excluding hydrogens is 702 g/mol. The van der Waals surface area contributed by atoms with E-state index in [-0.39, 0.29) is 35.8 Å². The average Bonchev–Trinajstić information content (AvgIpc) is 3.87. The number of aromatic hydroxyl groups is 1. The Hall–Kier alpha value is -4.45. The fraction of sp³-hybridized carbons (Fsp3) is 0.462. The lowest BCUT2D eigenvalue weighted by molar-refractivity contribution is -0.759. The van der Waals surface area contributed by atoms with Crippen molar-refractivity contribution < 1.29 is 59.3 Å². The van der Waals surface area contributed by atoms with Gasteiger partial charge in [0.15, 0.2) is 11.2 Å². The van der Waals surface area contributed by atoms with Crippen molar-refractivity contribution in [3.63, 3.8) is 0 Å². The van der Waals surface area contributed by atoms with Gasteiger partial charge in [-0.3, -0.25) is 19.5 Å². The Morgan fingerprint density at radius 3 is 2.63 bits per heavy atom. The molecule has 0 bridgehead atoms. The molecule has 54 heavy (non-hydrogen) atoms. The molecule has 4 aliphatic heterocycles. The smallest absolute Gasteiger partial charge is 0.222 e. The van der Waals surface area contributed by atoms with E-state index >= 15 is 0 Å². The second kappa shape index (κ2) is 15.0. The molecule has 15 heteroatoms. The number of ether oxygens (including phenoxy) is 1. The number of hydrogen-bond acceptors (Lipinski definition) is 13. The molecule has 0 aliphatic carbocycles. The number of benzene rings is 2. The monoisotopic (exact) mass is 748 g/mol. The maximum Gasteiger partial charge on any atom is 0.222 e. The van der Waals surface area contributed by atoms with Gasteiger partial charge in [0.1, 0.15) is 72.2 Å². The second-order valence-electron chi connectivity index (χ2n) is 15.0. The zero-order valence-electron chi connectivity index (χ0n) is 30.0. The van der Waals surface area contributed by atoms with Gasteiger partial charge in [-0.1, -0.05) is 12.1 Å². The Balaban J connectivity index is 1.23. The van der Waals surface area contributed by atoms with Crippen LogP contribution in [-0.4, -0.2) is 104 Å². The van der Waals surface area contributed by atoms with Gasteiger partial charge in [-0.15, -0.1) is 0 Å². The number of phenols is 1. The van der Waals surface area contributed by atoms with Gasteiger partial charge in [0, 0.05) is 43.6 Å². The van der Waals surface area contributed by atoms with E-state index in [0.29, 0.717) is 71.6 Å². The molecule has 7 rings (SSSR count). The molecule has 1 aromatic heterocycles. The molecule has 0 radical (unpaired) electrons. The summed E-state index contributed by atoms with van der Waals surface area (Å²) in [4.78, 5) is 42.7. The third-order valence-corrected chi connectivity index (χ3v) is 10.9. The topological polar surface area (TPSA) is 225 Å². The lowest BCUT2D eigenvalue weighted by Gasteiger charge is -2.43. The predicted molar refractivity (Wildman–Crippen MR) is 193 cm³/mol. The third-order valence-electron chi connectivity index (χ3n) is 10.9. The molecule has 8 atom stereocenters. The van der Waals surface area contributed by atoms with Crippen LogP contribution in [0.25, 0.3) is 11.0 Å². The van der Waals surface area contributed by atoms with Gasteiger partial charge in [-0.25, -0.2) is 9.78 Å². The zero-order chi connectivity index (χ0) is 38.4. The van der Waals surface area contributed by atoms with Crippen LogP contribution >= 0.6 is 0 Å². The highest BCUT2D eigenvalue weighted by atomic mass is 17.2. The number of carbonyl (C=O) groups is 1. The van der Waals surface area contributed by atoms with Gasteiger partial charge in [0.25, 0.3) is 0 Å². The Morgan fingerprint density at radius 1 is 1.15 bits per heavy atom.